The molecule has 110 valence electrons. The number of ketones is 1. The molecule has 0 spiro atoms. The Morgan fingerprint density at radius 3 is 2.43 bits per heavy atom. The highest BCUT2D eigenvalue weighted by Crippen LogP contribution is 2.23. The van der Waals surface area contributed by atoms with Gasteiger partial charge in [-0.05, 0) is 29.8 Å². The molecular weight excluding hydrogens is 307 g/mol. The molecule has 0 bridgehead atoms. The van der Waals surface area contributed by atoms with E-state index < -0.39 is 6.36 Å². The largest absolute Gasteiger partial charge is 0.573 e. The van der Waals surface area contributed by atoms with E-state index in [0.717, 1.165) is 12.1 Å². The highest BCUT2D eigenvalue weighted by Gasteiger charge is 2.30. The molecule has 0 N–H and O–H groups in total. The third-order valence-corrected chi connectivity index (χ3v) is 2.85. The number of benzene rings is 1. The van der Waals surface area contributed by atoms with Crippen molar-refractivity contribution in [1.82, 2.24) is 4.98 Å². The van der Waals surface area contributed by atoms with Crippen molar-refractivity contribution in [2.45, 2.75) is 12.8 Å². The molecule has 21 heavy (non-hydrogen) atoms. The summed E-state index contributed by atoms with van der Waals surface area (Å²) in [5.41, 5.74) is 0.672. The van der Waals surface area contributed by atoms with Crippen LogP contribution in [0, 0.1) is 0 Å². The molecule has 0 atom stereocenters. The van der Waals surface area contributed by atoms with Gasteiger partial charge in [-0.15, -0.1) is 13.2 Å². The van der Waals surface area contributed by atoms with Gasteiger partial charge in [0.05, 0.1) is 5.02 Å². The van der Waals surface area contributed by atoms with E-state index in [4.69, 9.17) is 11.6 Å². The van der Waals surface area contributed by atoms with Crippen LogP contribution >= 0.6 is 11.6 Å². The Morgan fingerprint density at radius 2 is 1.86 bits per heavy atom. The van der Waals surface area contributed by atoms with Crippen LogP contribution < -0.4 is 4.74 Å². The summed E-state index contributed by atoms with van der Waals surface area (Å²) in [7, 11) is 0. The molecule has 0 saturated heterocycles. The van der Waals surface area contributed by atoms with Crippen LogP contribution in [-0.4, -0.2) is 17.1 Å². The Balaban J connectivity index is 2.07. The van der Waals surface area contributed by atoms with Gasteiger partial charge in [-0.3, -0.25) is 9.78 Å². The number of hydrogen-bond acceptors (Lipinski definition) is 3. The third kappa shape index (κ3) is 4.46. The molecule has 0 fully saturated rings. The number of hydrogen-bond donors (Lipinski definition) is 0. The van der Waals surface area contributed by atoms with E-state index >= 15 is 0 Å². The topological polar surface area (TPSA) is 39.2 Å². The molecule has 2 aromatic rings. The van der Waals surface area contributed by atoms with Gasteiger partial charge in [0.15, 0.2) is 5.78 Å². The quantitative estimate of drug-likeness (QED) is 0.799. The Kier molecular flexibility index (Phi) is 4.47. The Hall–Kier alpha value is -2.08. The van der Waals surface area contributed by atoms with Crippen molar-refractivity contribution >= 4 is 17.4 Å². The van der Waals surface area contributed by atoms with Crippen molar-refractivity contribution in [2.75, 3.05) is 0 Å². The Bertz CT molecular complexity index is 641. The predicted molar refractivity (Wildman–Crippen MR) is 70.4 cm³/mol. The van der Waals surface area contributed by atoms with Crippen molar-refractivity contribution in [3.63, 3.8) is 0 Å². The van der Waals surface area contributed by atoms with E-state index in [1.165, 1.54) is 18.3 Å². The van der Waals surface area contributed by atoms with Crippen LogP contribution in [0.4, 0.5) is 13.2 Å². The lowest BCUT2D eigenvalue weighted by Crippen LogP contribution is -2.17. The van der Waals surface area contributed by atoms with E-state index in [1.54, 1.807) is 12.1 Å². The average Bonchev–Trinajstić information content (AvgIpc) is 2.40. The van der Waals surface area contributed by atoms with Gasteiger partial charge in [-0.25, -0.2) is 0 Å². The number of halogens is 4. The molecule has 0 radical (unpaired) electrons. The first kappa shape index (κ1) is 15.3. The number of carbonyl (C=O) groups is 1. The summed E-state index contributed by atoms with van der Waals surface area (Å²) in [5.74, 6) is -0.653. The summed E-state index contributed by atoms with van der Waals surface area (Å²) < 4.78 is 39.8. The molecule has 3 nitrogen and oxygen atoms in total. The molecular formula is C14H9ClF3NO2. The summed E-state index contributed by atoms with van der Waals surface area (Å²) in [6.45, 7) is 0. The number of alkyl halides is 3. The maximum atomic E-state index is 12.0. The normalized spacial score (nSPS) is 11.2. The molecule has 2 rings (SSSR count). The van der Waals surface area contributed by atoms with Gasteiger partial charge in [0, 0.05) is 12.6 Å². The smallest absolute Gasteiger partial charge is 0.406 e. The molecule has 1 heterocycles. The first-order valence-electron chi connectivity index (χ1n) is 5.83. The zero-order valence-electron chi connectivity index (χ0n) is 10.5. The van der Waals surface area contributed by atoms with E-state index in [-0.39, 0.29) is 28.7 Å². The monoisotopic (exact) mass is 315 g/mol. The molecule has 0 aliphatic carbocycles. The van der Waals surface area contributed by atoms with Crippen molar-refractivity contribution < 1.29 is 22.7 Å². The molecule has 1 aromatic carbocycles. The fraction of sp³-hybridized carbons (Fsp3) is 0.143. The van der Waals surface area contributed by atoms with Crippen molar-refractivity contribution in [1.29, 1.82) is 0 Å². The molecule has 0 saturated carbocycles. The molecule has 1 aromatic heterocycles. The van der Waals surface area contributed by atoms with Gasteiger partial charge in [-0.1, -0.05) is 23.7 Å². The maximum absolute atomic E-state index is 12.0. The molecule has 0 aliphatic rings. The van der Waals surface area contributed by atoms with Crippen LogP contribution in [0.3, 0.4) is 0 Å². The fourth-order valence-electron chi connectivity index (χ4n) is 1.67. The molecule has 0 amide bonds. The number of pyridine rings is 1. The van der Waals surface area contributed by atoms with Gasteiger partial charge in [0.2, 0.25) is 0 Å². The summed E-state index contributed by atoms with van der Waals surface area (Å²) in [5, 5.41) is 0.236. The first-order valence-corrected chi connectivity index (χ1v) is 6.21. The number of ether oxygens (including phenoxy) is 1. The van der Waals surface area contributed by atoms with Crippen LogP contribution in [0.1, 0.15) is 16.1 Å². The van der Waals surface area contributed by atoms with Crippen LogP contribution in [0.25, 0.3) is 0 Å². The van der Waals surface area contributed by atoms with E-state index in [2.05, 4.69) is 9.72 Å². The lowest BCUT2D eigenvalue weighted by molar-refractivity contribution is -0.274. The van der Waals surface area contributed by atoms with Gasteiger partial charge >= 0.3 is 6.36 Å². The first-order chi connectivity index (χ1) is 9.85. The Morgan fingerprint density at radius 1 is 1.19 bits per heavy atom. The lowest BCUT2D eigenvalue weighted by atomic mass is 10.1. The standard InChI is InChI=1S/C14H9ClF3NO2/c15-11-2-1-7-19-13(11)12(20)8-9-3-5-10(6-4-9)21-14(16,17)18/h1-7H,8H2. The van der Waals surface area contributed by atoms with Crippen molar-refractivity contribution in [3.05, 3.63) is 58.9 Å². The maximum Gasteiger partial charge on any atom is 0.573 e. The summed E-state index contributed by atoms with van der Waals surface area (Å²) in [4.78, 5) is 15.9. The van der Waals surface area contributed by atoms with Crippen LogP contribution in [0.5, 0.6) is 5.75 Å². The number of aromatic nitrogens is 1. The number of carbonyl (C=O) groups excluding carboxylic acids is 1. The summed E-state index contributed by atoms with van der Waals surface area (Å²) in [6.07, 6.45) is -3.30. The average molecular weight is 316 g/mol. The predicted octanol–water partition coefficient (Wildman–Crippen LogP) is 4.06. The van der Waals surface area contributed by atoms with Gasteiger partial charge in [0.25, 0.3) is 0 Å². The number of Topliss-reactive ketones (excluding diaryl/α,β-unsaturated/α-hetero) is 1. The van der Waals surface area contributed by atoms with E-state index in [0.29, 0.717) is 5.56 Å². The SMILES string of the molecule is O=C(Cc1ccc(OC(F)(F)F)cc1)c1ncccc1Cl. The number of rotatable bonds is 4. The lowest BCUT2D eigenvalue weighted by Gasteiger charge is -2.09. The molecule has 0 unspecified atom stereocenters. The van der Waals surface area contributed by atoms with Crippen molar-refractivity contribution in [3.8, 4) is 5.75 Å². The zero-order valence-corrected chi connectivity index (χ0v) is 11.3. The second kappa shape index (κ2) is 6.13. The molecule has 0 aliphatic heterocycles. The highest BCUT2D eigenvalue weighted by molar-refractivity contribution is 6.33. The van der Waals surface area contributed by atoms with E-state index in [1.807, 2.05) is 0 Å². The van der Waals surface area contributed by atoms with E-state index in [9.17, 15) is 18.0 Å². The minimum Gasteiger partial charge on any atom is -0.406 e. The second-order valence-corrected chi connectivity index (χ2v) is 4.53. The highest BCUT2D eigenvalue weighted by atomic mass is 35.5. The third-order valence-electron chi connectivity index (χ3n) is 2.54. The second-order valence-electron chi connectivity index (χ2n) is 4.13. The number of nitrogens with zero attached hydrogens (tertiary/aromatic N) is 1. The minimum absolute atomic E-state index is 0.0109. The van der Waals surface area contributed by atoms with Gasteiger partial charge in [0.1, 0.15) is 11.4 Å². The Labute approximate surface area is 123 Å². The van der Waals surface area contributed by atoms with Crippen molar-refractivity contribution in [2.24, 2.45) is 0 Å². The van der Waals surface area contributed by atoms with Crippen LogP contribution in [0.15, 0.2) is 42.6 Å². The van der Waals surface area contributed by atoms with Crippen LogP contribution in [-0.2, 0) is 6.42 Å². The molecule has 7 heteroatoms. The fourth-order valence-corrected chi connectivity index (χ4v) is 1.90. The minimum atomic E-state index is -4.74. The summed E-state index contributed by atoms with van der Waals surface area (Å²) >= 11 is 5.85. The zero-order chi connectivity index (χ0) is 15.5. The van der Waals surface area contributed by atoms with Gasteiger partial charge in [-0.2, -0.15) is 0 Å². The summed E-state index contributed by atoms with van der Waals surface area (Å²) in [6, 6.07) is 8.21. The van der Waals surface area contributed by atoms with Crippen LogP contribution in [0.2, 0.25) is 5.02 Å². The van der Waals surface area contributed by atoms with Gasteiger partial charge < -0.3 is 4.74 Å².